The SMILES string of the molecule is CCC(O)CCNc1nccn2c(C)nnc12. The van der Waals surface area contributed by atoms with E-state index in [4.69, 9.17) is 0 Å². The van der Waals surface area contributed by atoms with Crippen molar-refractivity contribution in [1.82, 2.24) is 19.6 Å². The highest BCUT2D eigenvalue weighted by Gasteiger charge is 2.07. The molecule has 0 aliphatic carbocycles. The summed E-state index contributed by atoms with van der Waals surface area (Å²) < 4.78 is 1.88. The van der Waals surface area contributed by atoms with E-state index >= 15 is 0 Å². The second kappa shape index (κ2) is 5.09. The van der Waals surface area contributed by atoms with Crippen LogP contribution in [0.2, 0.25) is 0 Å². The number of hydrogen-bond donors (Lipinski definition) is 2. The highest BCUT2D eigenvalue weighted by atomic mass is 16.3. The lowest BCUT2D eigenvalue weighted by molar-refractivity contribution is 0.164. The van der Waals surface area contributed by atoms with Crippen molar-refractivity contribution in [2.45, 2.75) is 32.8 Å². The van der Waals surface area contributed by atoms with E-state index in [1.165, 1.54) is 0 Å². The van der Waals surface area contributed by atoms with Crippen molar-refractivity contribution >= 4 is 11.5 Å². The van der Waals surface area contributed by atoms with Crippen molar-refractivity contribution in [3.05, 3.63) is 18.2 Å². The first-order chi connectivity index (χ1) is 8.22. The third-order valence-electron chi connectivity index (χ3n) is 2.74. The molecule has 0 amide bonds. The van der Waals surface area contributed by atoms with Crippen LogP contribution in [0, 0.1) is 6.92 Å². The zero-order valence-corrected chi connectivity index (χ0v) is 10.1. The lowest BCUT2D eigenvalue weighted by atomic mass is 10.2. The van der Waals surface area contributed by atoms with Crippen LogP contribution < -0.4 is 5.32 Å². The fourth-order valence-corrected chi connectivity index (χ4v) is 1.63. The van der Waals surface area contributed by atoms with Crippen LogP contribution in [0.4, 0.5) is 5.82 Å². The number of aliphatic hydroxyl groups excluding tert-OH is 1. The fraction of sp³-hybridized carbons (Fsp3) is 0.545. The Balaban J connectivity index is 2.08. The first-order valence-electron chi connectivity index (χ1n) is 5.80. The fourth-order valence-electron chi connectivity index (χ4n) is 1.63. The summed E-state index contributed by atoms with van der Waals surface area (Å²) in [5.74, 6) is 1.54. The third-order valence-corrected chi connectivity index (χ3v) is 2.74. The van der Waals surface area contributed by atoms with E-state index in [1.54, 1.807) is 6.20 Å². The predicted molar refractivity (Wildman–Crippen MR) is 64.9 cm³/mol. The second-order valence-corrected chi connectivity index (χ2v) is 3.99. The van der Waals surface area contributed by atoms with Crippen LogP contribution in [0.25, 0.3) is 5.65 Å². The first-order valence-corrected chi connectivity index (χ1v) is 5.80. The summed E-state index contributed by atoms with van der Waals surface area (Å²) >= 11 is 0. The normalized spacial score (nSPS) is 12.9. The van der Waals surface area contributed by atoms with Gasteiger partial charge in [-0.2, -0.15) is 0 Å². The van der Waals surface area contributed by atoms with E-state index in [2.05, 4.69) is 20.5 Å². The largest absolute Gasteiger partial charge is 0.393 e. The van der Waals surface area contributed by atoms with Gasteiger partial charge in [0.05, 0.1) is 6.10 Å². The third kappa shape index (κ3) is 2.52. The van der Waals surface area contributed by atoms with E-state index in [9.17, 15) is 5.11 Å². The van der Waals surface area contributed by atoms with Gasteiger partial charge in [0, 0.05) is 18.9 Å². The number of hydrogen-bond acceptors (Lipinski definition) is 5. The van der Waals surface area contributed by atoms with Crippen molar-refractivity contribution in [2.75, 3.05) is 11.9 Å². The molecule has 0 aliphatic heterocycles. The number of nitrogens with zero attached hydrogens (tertiary/aromatic N) is 4. The maximum Gasteiger partial charge on any atom is 0.203 e. The van der Waals surface area contributed by atoms with Gasteiger partial charge in [0.25, 0.3) is 0 Å². The summed E-state index contributed by atoms with van der Waals surface area (Å²) in [6.07, 6.45) is 4.75. The molecule has 2 rings (SSSR count). The molecule has 2 aromatic heterocycles. The minimum Gasteiger partial charge on any atom is -0.393 e. The average Bonchev–Trinajstić information content (AvgIpc) is 2.72. The molecular formula is C11H17N5O. The molecule has 2 heterocycles. The van der Waals surface area contributed by atoms with Gasteiger partial charge in [-0.3, -0.25) is 4.40 Å². The Hall–Kier alpha value is -1.69. The lowest BCUT2D eigenvalue weighted by Gasteiger charge is -2.09. The molecule has 0 fully saturated rings. The van der Waals surface area contributed by atoms with E-state index in [0.29, 0.717) is 18.8 Å². The van der Waals surface area contributed by atoms with Crippen LogP contribution in [0.15, 0.2) is 12.4 Å². The molecule has 0 aliphatic rings. The molecule has 1 unspecified atom stereocenters. The maximum atomic E-state index is 9.46. The molecule has 2 N–H and O–H groups in total. The van der Waals surface area contributed by atoms with E-state index in [0.717, 1.165) is 17.9 Å². The lowest BCUT2D eigenvalue weighted by Crippen LogP contribution is -2.13. The smallest absolute Gasteiger partial charge is 0.203 e. The Labute approximate surface area is 99.7 Å². The number of aromatic nitrogens is 4. The second-order valence-electron chi connectivity index (χ2n) is 3.99. The molecule has 0 radical (unpaired) electrons. The first kappa shape index (κ1) is 11.8. The number of fused-ring (bicyclic) bond motifs is 1. The van der Waals surface area contributed by atoms with Crippen LogP contribution in [-0.4, -0.2) is 37.3 Å². The van der Waals surface area contributed by atoms with Gasteiger partial charge in [0.1, 0.15) is 5.82 Å². The highest BCUT2D eigenvalue weighted by Crippen LogP contribution is 2.12. The molecule has 0 spiro atoms. The molecule has 6 heteroatoms. The molecule has 0 aromatic carbocycles. The summed E-state index contributed by atoms with van der Waals surface area (Å²) in [4.78, 5) is 4.23. The van der Waals surface area contributed by atoms with Gasteiger partial charge in [-0.15, -0.1) is 10.2 Å². The maximum absolute atomic E-state index is 9.46. The van der Waals surface area contributed by atoms with E-state index in [1.807, 2.05) is 24.4 Å². The number of rotatable bonds is 5. The monoisotopic (exact) mass is 235 g/mol. The molecule has 0 saturated carbocycles. The summed E-state index contributed by atoms with van der Waals surface area (Å²) in [6, 6.07) is 0. The van der Waals surface area contributed by atoms with Gasteiger partial charge >= 0.3 is 0 Å². The Morgan fingerprint density at radius 1 is 1.47 bits per heavy atom. The minimum absolute atomic E-state index is 0.262. The van der Waals surface area contributed by atoms with E-state index < -0.39 is 0 Å². The molecule has 0 saturated heterocycles. The standard InChI is InChI=1S/C11H17N5O/c1-3-9(17)4-5-12-10-11-15-14-8(2)16(11)7-6-13-10/h6-7,9,17H,3-5H2,1-2H3,(H,12,13). The Morgan fingerprint density at radius 2 is 2.29 bits per heavy atom. The summed E-state index contributed by atoms with van der Waals surface area (Å²) in [7, 11) is 0. The van der Waals surface area contributed by atoms with Crippen molar-refractivity contribution in [1.29, 1.82) is 0 Å². The van der Waals surface area contributed by atoms with Gasteiger partial charge in [-0.25, -0.2) is 4.98 Å². The van der Waals surface area contributed by atoms with Crippen molar-refractivity contribution < 1.29 is 5.11 Å². The molecular weight excluding hydrogens is 218 g/mol. The number of anilines is 1. The van der Waals surface area contributed by atoms with E-state index in [-0.39, 0.29) is 6.10 Å². The summed E-state index contributed by atoms with van der Waals surface area (Å²) in [5.41, 5.74) is 0.719. The molecule has 1 atom stereocenters. The molecule has 92 valence electrons. The minimum atomic E-state index is -0.262. The van der Waals surface area contributed by atoms with Gasteiger partial charge in [-0.05, 0) is 19.8 Å². The van der Waals surface area contributed by atoms with Crippen LogP contribution in [-0.2, 0) is 0 Å². The van der Waals surface area contributed by atoms with Crippen LogP contribution in [0.3, 0.4) is 0 Å². The van der Waals surface area contributed by atoms with Gasteiger partial charge in [0.15, 0.2) is 5.82 Å². The molecule has 2 aromatic rings. The Bertz CT molecular complexity index is 496. The Kier molecular flexibility index (Phi) is 3.53. The van der Waals surface area contributed by atoms with Crippen LogP contribution >= 0.6 is 0 Å². The van der Waals surface area contributed by atoms with Crippen molar-refractivity contribution in [2.24, 2.45) is 0 Å². The topological polar surface area (TPSA) is 75.3 Å². The molecule has 0 bridgehead atoms. The quantitative estimate of drug-likeness (QED) is 0.808. The van der Waals surface area contributed by atoms with Gasteiger partial charge in [0.2, 0.25) is 5.65 Å². The number of nitrogens with one attached hydrogen (secondary N) is 1. The van der Waals surface area contributed by atoms with Crippen molar-refractivity contribution in [3.63, 3.8) is 0 Å². The average molecular weight is 235 g/mol. The Morgan fingerprint density at radius 3 is 3.06 bits per heavy atom. The van der Waals surface area contributed by atoms with Crippen molar-refractivity contribution in [3.8, 4) is 0 Å². The number of aryl methyl sites for hydroxylation is 1. The highest BCUT2D eigenvalue weighted by molar-refractivity contribution is 5.61. The molecule has 6 nitrogen and oxygen atoms in total. The van der Waals surface area contributed by atoms with Gasteiger partial charge in [-0.1, -0.05) is 6.92 Å². The summed E-state index contributed by atoms with van der Waals surface area (Å²) in [5, 5.41) is 20.7. The summed E-state index contributed by atoms with van der Waals surface area (Å²) in [6.45, 7) is 4.53. The van der Waals surface area contributed by atoms with Crippen LogP contribution in [0.1, 0.15) is 25.6 Å². The zero-order valence-electron chi connectivity index (χ0n) is 10.1. The van der Waals surface area contributed by atoms with Gasteiger partial charge < -0.3 is 10.4 Å². The zero-order chi connectivity index (χ0) is 12.3. The van der Waals surface area contributed by atoms with Crippen LogP contribution in [0.5, 0.6) is 0 Å². The number of aliphatic hydroxyl groups is 1. The predicted octanol–water partition coefficient (Wildman–Crippen LogP) is 1.01. The molecule has 17 heavy (non-hydrogen) atoms.